The van der Waals surface area contributed by atoms with Gasteiger partial charge in [0, 0.05) is 18.9 Å². The van der Waals surface area contributed by atoms with E-state index in [2.05, 4.69) is 15.2 Å². The largest absolute Gasteiger partial charge is 0.316 e. The number of rotatable bonds is 4. The molecular formula is C10H11ClN4. The number of pyridine rings is 1. The topological polar surface area (TPSA) is 43.6 Å². The van der Waals surface area contributed by atoms with Crippen molar-refractivity contribution >= 4 is 11.6 Å². The van der Waals surface area contributed by atoms with Crippen LogP contribution in [0.1, 0.15) is 11.4 Å². The molecule has 4 nitrogen and oxygen atoms in total. The molecule has 5 heteroatoms. The summed E-state index contributed by atoms with van der Waals surface area (Å²) in [6, 6.07) is 4.01. The van der Waals surface area contributed by atoms with Crippen molar-refractivity contribution in [2.24, 2.45) is 0 Å². The van der Waals surface area contributed by atoms with Crippen LogP contribution in [-0.4, -0.2) is 19.7 Å². The summed E-state index contributed by atoms with van der Waals surface area (Å²) in [6.07, 6.45) is 6.23. The van der Waals surface area contributed by atoms with Gasteiger partial charge >= 0.3 is 0 Å². The summed E-state index contributed by atoms with van der Waals surface area (Å²) in [5.41, 5.74) is 1.25. The van der Waals surface area contributed by atoms with Crippen LogP contribution in [0, 0.1) is 0 Å². The van der Waals surface area contributed by atoms with Crippen molar-refractivity contribution < 1.29 is 0 Å². The van der Waals surface area contributed by atoms with Gasteiger partial charge in [-0.3, -0.25) is 4.98 Å². The number of nitrogens with zero attached hydrogens (tertiary/aromatic N) is 4. The van der Waals surface area contributed by atoms with E-state index in [4.69, 9.17) is 11.6 Å². The highest BCUT2D eigenvalue weighted by Gasteiger charge is 2.01. The molecule has 2 heterocycles. The van der Waals surface area contributed by atoms with Gasteiger partial charge in [-0.1, -0.05) is 0 Å². The predicted molar refractivity (Wildman–Crippen MR) is 57.5 cm³/mol. The molecule has 2 aromatic rings. The number of hydrogen-bond donors (Lipinski definition) is 0. The quantitative estimate of drug-likeness (QED) is 0.739. The summed E-state index contributed by atoms with van der Waals surface area (Å²) in [5, 5.41) is 7.74. The van der Waals surface area contributed by atoms with E-state index >= 15 is 0 Å². The van der Waals surface area contributed by atoms with Crippen LogP contribution >= 0.6 is 11.6 Å². The van der Waals surface area contributed by atoms with Crippen molar-refractivity contribution in [1.82, 2.24) is 19.7 Å². The number of halogens is 1. The van der Waals surface area contributed by atoms with Crippen molar-refractivity contribution in [2.75, 3.05) is 0 Å². The van der Waals surface area contributed by atoms with Crippen LogP contribution in [0.15, 0.2) is 30.9 Å². The fourth-order valence-corrected chi connectivity index (χ4v) is 1.58. The summed E-state index contributed by atoms with van der Waals surface area (Å²) in [7, 11) is 0. The molecule has 0 unspecified atom stereocenters. The molecule has 0 bridgehead atoms. The van der Waals surface area contributed by atoms with Crippen LogP contribution in [0.3, 0.4) is 0 Å². The Hall–Kier alpha value is -1.42. The van der Waals surface area contributed by atoms with Crippen LogP contribution in [-0.2, 0) is 18.8 Å². The highest BCUT2D eigenvalue weighted by molar-refractivity contribution is 6.16. The molecule has 2 aromatic heterocycles. The zero-order valence-corrected chi connectivity index (χ0v) is 8.93. The van der Waals surface area contributed by atoms with Crippen LogP contribution in [0.5, 0.6) is 0 Å². The van der Waals surface area contributed by atoms with Gasteiger partial charge in [-0.25, -0.2) is 0 Å². The lowest BCUT2D eigenvalue weighted by Crippen LogP contribution is -2.04. The first-order valence-electron chi connectivity index (χ1n) is 4.71. The average molecular weight is 223 g/mol. The van der Waals surface area contributed by atoms with E-state index in [0.29, 0.717) is 5.88 Å². The second-order valence-electron chi connectivity index (χ2n) is 3.18. The summed E-state index contributed by atoms with van der Waals surface area (Å²) in [5.74, 6) is 1.21. The van der Waals surface area contributed by atoms with E-state index in [9.17, 15) is 0 Å². The highest BCUT2D eigenvalue weighted by atomic mass is 35.5. The van der Waals surface area contributed by atoms with Gasteiger partial charge in [0.2, 0.25) is 0 Å². The van der Waals surface area contributed by atoms with Crippen LogP contribution < -0.4 is 0 Å². The molecule has 0 N–H and O–H groups in total. The van der Waals surface area contributed by atoms with Crippen LogP contribution in [0.25, 0.3) is 0 Å². The Labute approximate surface area is 92.9 Å². The third-order valence-corrected chi connectivity index (χ3v) is 2.45. The standard InChI is InChI=1S/C10H11ClN4/c11-7-10-14-13-8-15(10)6-3-9-1-4-12-5-2-9/h1-2,4-5,8H,3,6-7H2. The number of hydrogen-bond acceptors (Lipinski definition) is 3. The van der Waals surface area contributed by atoms with E-state index in [-0.39, 0.29) is 0 Å². The molecule has 15 heavy (non-hydrogen) atoms. The van der Waals surface area contributed by atoms with Crippen molar-refractivity contribution in [1.29, 1.82) is 0 Å². The van der Waals surface area contributed by atoms with Crippen molar-refractivity contribution in [3.8, 4) is 0 Å². The average Bonchev–Trinajstić information content (AvgIpc) is 2.75. The molecule has 0 saturated heterocycles. The Morgan fingerprint density at radius 2 is 2.07 bits per heavy atom. The second-order valence-corrected chi connectivity index (χ2v) is 3.45. The Kier molecular flexibility index (Phi) is 3.29. The minimum absolute atomic E-state index is 0.399. The minimum Gasteiger partial charge on any atom is -0.316 e. The summed E-state index contributed by atoms with van der Waals surface area (Å²) < 4.78 is 1.97. The van der Waals surface area contributed by atoms with Crippen LogP contribution in [0.2, 0.25) is 0 Å². The van der Waals surface area contributed by atoms with Gasteiger partial charge in [0.1, 0.15) is 12.2 Å². The molecule has 2 rings (SSSR count). The SMILES string of the molecule is ClCc1nncn1CCc1ccncc1. The third kappa shape index (κ3) is 2.53. The maximum Gasteiger partial charge on any atom is 0.147 e. The number of aromatic nitrogens is 4. The van der Waals surface area contributed by atoms with Crippen molar-refractivity contribution in [2.45, 2.75) is 18.8 Å². The molecule has 0 spiro atoms. The summed E-state index contributed by atoms with van der Waals surface area (Å²) in [4.78, 5) is 3.97. The first-order valence-corrected chi connectivity index (χ1v) is 5.25. The zero-order valence-electron chi connectivity index (χ0n) is 8.17. The molecule has 0 atom stereocenters. The maximum absolute atomic E-state index is 5.72. The predicted octanol–water partition coefficient (Wildman–Crippen LogP) is 1.65. The molecule has 0 aliphatic heterocycles. The lowest BCUT2D eigenvalue weighted by Gasteiger charge is -2.04. The summed E-state index contributed by atoms with van der Waals surface area (Å²) in [6.45, 7) is 0.846. The van der Waals surface area contributed by atoms with Gasteiger partial charge in [-0.15, -0.1) is 21.8 Å². The van der Waals surface area contributed by atoms with Gasteiger partial charge < -0.3 is 4.57 Å². The molecule has 0 aromatic carbocycles. The van der Waals surface area contributed by atoms with Gasteiger partial charge in [0.05, 0.1) is 5.88 Å². The molecule has 0 aliphatic carbocycles. The smallest absolute Gasteiger partial charge is 0.147 e. The number of aryl methyl sites for hydroxylation is 2. The van der Waals surface area contributed by atoms with E-state index in [1.165, 1.54) is 5.56 Å². The van der Waals surface area contributed by atoms with E-state index in [0.717, 1.165) is 18.8 Å². The maximum atomic E-state index is 5.72. The zero-order chi connectivity index (χ0) is 10.5. The minimum atomic E-state index is 0.399. The lowest BCUT2D eigenvalue weighted by atomic mass is 10.2. The molecule has 78 valence electrons. The fourth-order valence-electron chi connectivity index (χ4n) is 1.37. The molecule has 0 amide bonds. The molecule has 0 saturated carbocycles. The van der Waals surface area contributed by atoms with Gasteiger partial charge in [0.15, 0.2) is 0 Å². The molecule has 0 fully saturated rings. The first kappa shape index (κ1) is 10.1. The second kappa shape index (κ2) is 4.89. The number of alkyl halides is 1. The Morgan fingerprint density at radius 3 is 2.80 bits per heavy atom. The Bertz CT molecular complexity index is 412. The molecular weight excluding hydrogens is 212 g/mol. The highest BCUT2D eigenvalue weighted by Crippen LogP contribution is 2.03. The third-order valence-electron chi connectivity index (χ3n) is 2.21. The van der Waals surface area contributed by atoms with Crippen molar-refractivity contribution in [3.63, 3.8) is 0 Å². The van der Waals surface area contributed by atoms with E-state index < -0.39 is 0 Å². The molecule has 0 aliphatic rings. The summed E-state index contributed by atoms with van der Waals surface area (Å²) >= 11 is 5.72. The normalized spacial score (nSPS) is 10.5. The van der Waals surface area contributed by atoms with Gasteiger partial charge in [-0.2, -0.15) is 0 Å². The van der Waals surface area contributed by atoms with Crippen molar-refractivity contribution in [3.05, 3.63) is 42.2 Å². The first-order chi connectivity index (χ1) is 7.40. The monoisotopic (exact) mass is 222 g/mol. The Balaban J connectivity index is 1.99. The molecule has 0 radical (unpaired) electrons. The van der Waals surface area contributed by atoms with Crippen LogP contribution in [0.4, 0.5) is 0 Å². The van der Waals surface area contributed by atoms with E-state index in [1.54, 1.807) is 18.7 Å². The lowest BCUT2D eigenvalue weighted by molar-refractivity contribution is 0.668. The Morgan fingerprint density at radius 1 is 1.27 bits per heavy atom. The van der Waals surface area contributed by atoms with Gasteiger partial charge in [-0.05, 0) is 24.1 Å². The fraction of sp³-hybridized carbons (Fsp3) is 0.300. The van der Waals surface area contributed by atoms with E-state index in [1.807, 2.05) is 16.7 Å². The van der Waals surface area contributed by atoms with Gasteiger partial charge in [0.25, 0.3) is 0 Å².